The van der Waals surface area contributed by atoms with E-state index in [-0.39, 0.29) is 5.25 Å². The molecule has 6 heteroatoms. The third-order valence-corrected chi connectivity index (χ3v) is 5.18. The average Bonchev–Trinajstić information content (AvgIpc) is 2.70. The van der Waals surface area contributed by atoms with E-state index in [4.69, 9.17) is 4.74 Å². The van der Waals surface area contributed by atoms with Crippen molar-refractivity contribution in [3.8, 4) is 0 Å². The van der Waals surface area contributed by atoms with Crippen LogP contribution in [0.15, 0.2) is 30.5 Å². The molecule has 1 saturated heterocycles. The van der Waals surface area contributed by atoms with Gasteiger partial charge in [-0.2, -0.15) is 0 Å². The lowest BCUT2D eigenvalue weighted by Gasteiger charge is -2.25. The summed E-state index contributed by atoms with van der Waals surface area (Å²) in [5.74, 6) is 0. The number of hydrogen-bond acceptors (Lipinski definition) is 3. The highest BCUT2D eigenvalue weighted by Crippen LogP contribution is 2.18. The number of H-pyrrole nitrogens is 1. The minimum absolute atomic E-state index is 0.308. The summed E-state index contributed by atoms with van der Waals surface area (Å²) in [5, 5.41) is 0.768. The van der Waals surface area contributed by atoms with Gasteiger partial charge in [-0.15, -0.1) is 0 Å². The molecule has 102 valence electrons. The van der Waals surface area contributed by atoms with E-state index in [0.29, 0.717) is 26.2 Å². The fourth-order valence-electron chi connectivity index (χ4n) is 2.18. The maximum absolute atomic E-state index is 11.8. The molecule has 5 nitrogen and oxygen atoms in total. The number of sulfonamides is 1. The van der Waals surface area contributed by atoms with Crippen LogP contribution in [0.4, 0.5) is 0 Å². The maximum atomic E-state index is 11.8. The molecule has 1 aromatic heterocycles. The summed E-state index contributed by atoms with van der Waals surface area (Å²) in [7, 11) is -3.22. The van der Waals surface area contributed by atoms with Crippen molar-refractivity contribution in [2.45, 2.75) is 11.7 Å². The Hall–Kier alpha value is -1.37. The van der Waals surface area contributed by atoms with Gasteiger partial charge in [0.2, 0.25) is 10.0 Å². The molecule has 0 atom stereocenters. The zero-order chi connectivity index (χ0) is 13.3. The topological polar surface area (TPSA) is 71.2 Å². The zero-order valence-corrected chi connectivity index (χ0v) is 11.2. The zero-order valence-electron chi connectivity index (χ0n) is 10.4. The summed E-state index contributed by atoms with van der Waals surface area (Å²) < 4.78 is 31.2. The summed E-state index contributed by atoms with van der Waals surface area (Å²) >= 11 is 0. The molecule has 19 heavy (non-hydrogen) atoms. The number of aromatic amines is 1. The second kappa shape index (κ2) is 4.96. The van der Waals surface area contributed by atoms with Gasteiger partial charge < -0.3 is 9.72 Å². The van der Waals surface area contributed by atoms with Crippen LogP contribution in [0.5, 0.6) is 0 Å². The van der Waals surface area contributed by atoms with Crippen LogP contribution in [0, 0.1) is 0 Å². The first-order valence-electron chi connectivity index (χ1n) is 6.28. The van der Waals surface area contributed by atoms with Crippen LogP contribution < -0.4 is 4.72 Å². The van der Waals surface area contributed by atoms with Gasteiger partial charge >= 0.3 is 0 Å². The molecule has 1 aliphatic rings. The van der Waals surface area contributed by atoms with Crippen molar-refractivity contribution in [2.24, 2.45) is 0 Å². The van der Waals surface area contributed by atoms with Gasteiger partial charge in [-0.05, 0) is 18.1 Å². The third kappa shape index (κ3) is 2.51. The van der Waals surface area contributed by atoms with Crippen LogP contribution >= 0.6 is 0 Å². The molecule has 0 unspecified atom stereocenters. The first-order chi connectivity index (χ1) is 9.17. The number of benzene rings is 1. The number of para-hydroxylation sites is 1. The van der Waals surface area contributed by atoms with E-state index in [2.05, 4.69) is 9.71 Å². The quantitative estimate of drug-likeness (QED) is 0.859. The molecule has 1 aromatic carbocycles. The van der Waals surface area contributed by atoms with Crippen LogP contribution in [0.3, 0.4) is 0 Å². The lowest BCUT2D eigenvalue weighted by Crippen LogP contribution is -2.47. The molecular formula is C13H16N2O3S. The molecule has 0 amide bonds. The predicted octanol–water partition coefficient (Wildman–Crippen LogP) is 1.03. The van der Waals surface area contributed by atoms with Crippen LogP contribution in [0.1, 0.15) is 5.56 Å². The number of nitrogens with one attached hydrogen (secondary N) is 2. The maximum Gasteiger partial charge on any atom is 0.219 e. The Morgan fingerprint density at radius 1 is 1.32 bits per heavy atom. The van der Waals surface area contributed by atoms with E-state index in [0.717, 1.165) is 16.5 Å². The molecule has 1 aliphatic heterocycles. The Balaban J connectivity index is 1.63. The van der Waals surface area contributed by atoms with Gasteiger partial charge in [0, 0.05) is 23.6 Å². The minimum Gasteiger partial charge on any atom is -0.378 e. The van der Waals surface area contributed by atoms with Crippen LogP contribution in [-0.4, -0.2) is 38.4 Å². The summed E-state index contributed by atoms with van der Waals surface area (Å²) in [6, 6.07) is 8.00. The molecule has 2 heterocycles. The van der Waals surface area contributed by atoms with Crippen molar-refractivity contribution in [3.63, 3.8) is 0 Å². The first-order valence-corrected chi connectivity index (χ1v) is 7.83. The van der Waals surface area contributed by atoms with Gasteiger partial charge in [-0.1, -0.05) is 18.2 Å². The Bertz CT molecular complexity index is 674. The summed E-state index contributed by atoms with van der Waals surface area (Å²) in [6.07, 6.45) is 2.61. The van der Waals surface area contributed by atoms with Gasteiger partial charge in [-0.25, -0.2) is 13.1 Å². The molecule has 3 rings (SSSR count). The largest absolute Gasteiger partial charge is 0.378 e. The lowest BCUT2D eigenvalue weighted by molar-refractivity contribution is 0.0411. The monoisotopic (exact) mass is 280 g/mol. The minimum atomic E-state index is -3.22. The Morgan fingerprint density at radius 2 is 2.11 bits per heavy atom. The highest BCUT2D eigenvalue weighted by atomic mass is 32.2. The fraction of sp³-hybridized carbons (Fsp3) is 0.385. The number of fused-ring (bicyclic) bond motifs is 1. The molecule has 0 aliphatic carbocycles. The van der Waals surface area contributed by atoms with Crippen LogP contribution in [-0.2, 0) is 21.2 Å². The van der Waals surface area contributed by atoms with Gasteiger partial charge in [-0.3, -0.25) is 0 Å². The van der Waals surface area contributed by atoms with E-state index in [1.54, 1.807) is 0 Å². The van der Waals surface area contributed by atoms with E-state index < -0.39 is 10.0 Å². The Morgan fingerprint density at radius 3 is 2.84 bits per heavy atom. The van der Waals surface area contributed by atoms with Gasteiger partial charge in [0.05, 0.1) is 13.2 Å². The average molecular weight is 280 g/mol. The number of aromatic nitrogens is 1. The first kappa shape index (κ1) is 12.7. The number of rotatable bonds is 5. The summed E-state index contributed by atoms with van der Waals surface area (Å²) in [4.78, 5) is 3.18. The van der Waals surface area contributed by atoms with E-state index in [9.17, 15) is 8.42 Å². The normalized spacial score (nSPS) is 16.6. The van der Waals surface area contributed by atoms with Gasteiger partial charge in [0.25, 0.3) is 0 Å². The van der Waals surface area contributed by atoms with E-state index >= 15 is 0 Å². The summed E-state index contributed by atoms with van der Waals surface area (Å²) in [6.45, 7) is 1.03. The molecular weight excluding hydrogens is 264 g/mol. The van der Waals surface area contributed by atoms with Crippen molar-refractivity contribution in [1.29, 1.82) is 0 Å². The second-order valence-electron chi connectivity index (χ2n) is 4.71. The highest BCUT2D eigenvalue weighted by Gasteiger charge is 2.31. The van der Waals surface area contributed by atoms with Crippen LogP contribution in [0.2, 0.25) is 0 Å². The third-order valence-electron chi connectivity index (χ3n) is 3.42. The molecule has 1 fully saturated rings. The van der Waals surface area contributed by atoms with Crippen molar-refractivity contribution in [3.05, 3.63) is 36.0 Å². The fourth-order valence-corrected chi connectivity index (χ4v) is 3.35. The second-order valence-corrected chi connectivity index (χ2v) is 6.75. The SMILES string of the molecule is O=S(=O)(NCCc1c[nH]c2ccccc12)C1COC1. The molecule has 0 bridgehead atoms. The molecule has 2 aromatic rings. The van der Waals surface area contributed by atoms with Crippen LogP contribution in [0.25, 0.3) is 10.9 Å². The van der Waals surface area contributed by atoms with Gasteiger partial charge in [0.15, 0.2) is 0 Å². The molecule has 2 N–H and O–H groups in total. The lowest BCUT2D eigenvalue weighted by atomic mass is 10.1. The molecule has 0 spiro atoms. The number of ether oxygens (including phenoxy) is 1. The smallest absolute Gasteiger partial charge is 0.219 e. The molecule has 0 radical (unpaired) electrons. The predicted molar refractivity (Wildman–Crippen MR) is 73.5 cm³/mol. The van der Waals surface area contributed by atoms with E-state index in [1.807, 2.05) is 30.5 Å². The number of hydrogen-bond donors (Lipinski definition) is 2. The van der Waals surface area contributed by atoms with Gasteiger partial charge in [0.1, 0.15) is 5.25 Å². The molecule has 0 saturated carbocycles. The highest BCUT2D eigenvalue weighted by molar-refractivity contribution is 7.90. The standard InChI is InChI=1S/C13H16N2O3S/c16-19(17,11-8-18-9-11)15-6-5-10-7-14-13-4-2-1-3-12(10)13/h1-4,7,11,14-15H,5-6,8-9H2. The Kier molecular flexibility index (Phi) is 3.30. The van der Waals surface area contributed by atoms with Crippen molar-refractivity contribution in [2.75, 3.05) is 19.8 Å². The Labute approximate surface area is 112 Å². The van der Waals surface area contributed by atoms with Crippen molar-refractivity contribution < 1.29 is 13.2 Å². The van der Waals surface area contributed by atoms with Crippen molar-refractivity contribution >= 4 is 20.9 Å². The van der Waals surface area contributed by atoms with E-state index in [1.165, 1.54) is 0 Å². The summed E-state index contributed by atoms with van der Waals surface area (Å²) in [5.41, 5.74) is 2.20. The van der Waals surface area contributed by atoms with Crippen molar-refractivity contribution in [1.82, 2.24) is 9.71 Å².